The average Bonchev–Trinajstić information content (AvgIpc) is 2.30. The second-order valence-electron chi connectivity index (χ2n) is 5.22. The van der Waals surface area contributed by atoms with Gasteiger partial charge in [0.2, 0.25) is 5.91 Å². The van der Waals surface area contributed by atoms with E-state index in [1.807, 2.05) is 24.3 Å². The molecule has 0 spiro atoms. The average molecular weight is 263 g/mol. The molecule has 104 valence electrons. The van der Waals surface area contributed by atoms with Gasteiger partial charge in [0.05, 0.1) is 6.42 Å². The second-order valence-corrected chi connectivity index (χ2v) is 5.22. The van der Waals surface area contributed by atoms with E-state index in [9.17, 15) is 9.59 Å². The maximum atomic E-state index is 11.6. The van der Waals surface area contributed by atoms with Crippen molar-refractivity contribution >= 4 is 11.9 Å². The van der Waals surface area contributed by atoms with Gasteiger partial charge in [-0.1, -0.05) is 38.1 Å². The van der Waals surface area contributed by atoms with Gasteiger partial charge >= 0.3 is 5.97 Å². The quantitative estimate of drug-likeness (QED) is 0.825. The Morgan fingerprint density at radius 3 is 2.11 bits per heavy atom. The van der Waals surface area contributed by atoms with Gasteiger partial charge in [-0.25, -0.2) is 0 Å². The number of rotatable bonds is 6. The highest BCUT2D eigenvalue weighted by atomic mass is 16.4. The summed E-state index contributed by atoms with van der Waals surface area (Å²) in [6.45, 7) is 5.77. The lowest BCUT2D eigenvalue weighted by Crippen LogP contribution is -2.39. The number of nitrogens with one attached hydrogen (secondary N) is 1. The lowest BCUT2D eigenvalue weighted by atomic mass is 10.0. The standard InChI is InChI=1S/C15H21NO3/c1-10(2)8-12-4-6-13(7-5-12)9-14(17)16-11(3)15(18)19/h4-7,10-11H,8-9H2,1-3H3,(H,16,17)(H,18,19). The number of carboxylic acid groups (broad SMARTS) is 1. The van der Waals surface area contributed by atoms with Crippen LogP contribution in [0.3, 0.4) is 0 Å². The molecule has 1 unspecified atom stereocenters. The van der Waals surface area contributed by atoms with Crippen LogP contribution in [0.2, 0.25) is 0 Å². The largest absolute Gasteiger partial charge is 0.480 e. The number of hydrogen-bond donors (Lipinski definition) is 2. The number of amides is 1. The second kappa shape index (κ2) is 6.92. The van der Waals surface area contributed by atoms with Gasteiger partial charge in [-0.15, -0.1) is 0 Å². The van der Waals surface area contributed by atoms with Crippen LogP contribution >= 0.6 is 0 Å². The molecule has 0 aliphatic heterocycles. The number of aliphatic carboxylic acids is 1. The molecule has 1 amide bonds. The zero-order chi connectivity index (χ0) is 14.4. The molecular weight excluding hydrogens is 242 g/mol. The van der Waals surface area contributed by atoms with Gasteiger partial charge in [0, 0.05) is 0 Å². The summed E-state index contributed by atoms with van der Waals surface area (Å²) in [6.07, 6.45) is 1.22. The van der Waals surface area contributed by atoms with E-state index < -0.39 is 12.0 Å². The highest BCUT2D eigenvalue weighted by Gasteiger charge is 2.13. The fraction of sp³-hybridized carbons (Fsp3) is 0.467. The summed E-state index contributed by atoms with van der Waals surface area (Å²) in [7, 11) is 0. The molecule has 1 rings (SSSR count). The minimum absolute atomic E-state index is 0.208. The zero-order valence-electron chi connectivity index (χ0n) is 11.6. The van der Waals surface area contributed by atoms with Crippen molar-refractivity contribution in [2.24, 2.45) is 5.92 Å². The summed E-state index contributed by atoms with van der Waals surface area (Å²) in [4.78, 5) is 22.2. The lowest BCUT2D eigenvalue weighted by Gasteiger charge is -2.10. The lowest BCUT2D eigenvalue weighted by molar-refractivity contribution is -0.141. The van der Waals surface area contributed by atoms with E-state index in [1.165, 1.54) is 12.5 Å². The molecule has 4 heteroatoms. The third-order valence-corrected chi connectivity index (χ3v) is 2.78. The van der Waals surface area contributed by atoms with Crippen LogP contribution in [-0.2, 0) is 22.4 Å². The predicted octanol–water partition coefficient (Wildman–Crippen LogP) is 2.02. The van der Waals surface area contributed by atoms with Gasteiger partial charge in [-0.3, -0.25) is 9.59 Å². The van der Waals surface area contributed by atoms with E-state index in [1.54, 1.807) is 0 Å². The molecule has 0 fully saturated rings. The molecule has 1 atom stereocenters. The molecule has 2 N–H and O–H groups in total. The molecule has 0 heterocycles. The van der Waals surface area contributed by atoms with Crippen LogP contribution in [0.25, 0.3) is 0 Å². The zero-order valence-corrected chi connectivity index (χ0v) is 11.6. The van der Waals surface area contributed by atoms with Crippen molar-refractivity contribution in [2.75, 3.05) is 0 Å². The van der Waals surface area contributed by atoms with E-state index in [0.29, 0.717) is 5.92 Å². The predicted molar refractivity (Wildman–Crippen MR) is 73.9 cm³/mol. The van der Waals surface area contributed by atoms with Crippen molar-refractivity contribution in [3.8, 4) is 0 Å². The molecule has 0 aromatic heterocycles. The molecule has 1 aromatic rings. The topological polar surface area (TPSA) is 66.4 Å². The Bertz CT molecular complexity index is 437. The first kappa shape index (κ1) is 15.2. The summed E-state index contributed by atoms with van der Waals surface area (Å²) < 4.78 is 0. The number of carbonyl (C=O) groups excluding carboxylic acids is 1. The van der Waals surface area contributed by atoms with Crippen molar-refractivity contribution < 1.29 is 14.7 Å². The smallest absolute Gasteiger partial charge is 0.325 e. The molecule has 19 heavy (non-hydrogen) atoms. The normalized spacial score (nSPS) is 12.2. The van der Waals surface area contributed by atoms with Crippen LogP contribution in [-0.4, -0.2) is 23.0 Å². The van der Waals surface area contributed by atoms with E-state index in [-0.39, 0.29) is 12.3 Å². The molecule has 0 aliphatic rings. The van der Waals surface area contributed by atoms with Crippen LogP contribution in [0, 0.1) is 5.92 Å². The van der Waals surface area contributed by atoms with Gasteiger partial charge in [0.1, 0.15) is 6.04 Å². The van der Waals surface area contributed by atoms with E-state index in [2.05, 4.69) is 19.2 Å². The molecule has 0 aliphatic carbocycles. The SMILES string of the molecule is CC(C)Cc1ccc(CC(=O)NC(C)C(=O)O)cc1. The summed E-state index contributed by atoms with van der Waals surface area (Å²) >= 11 is 0. The number of benzene rings is 1. The van der Waals surface area contributed by atoms with Crippen molar-refractivity contribution in [3.63, 3.8) is 0 Å². The maximum absolute atomic E-state index is 11.6. The molecule has 1 aromatic carbocycles. The molecule has 0 saturated heterocycles. The first-order valence-electron chi connectivity index (χ1n) is 6.48. The van der Waals surface area contributed by atoms with Gasteiger partial charge < -0.3 is 10.4 Å². The van der Waals surface area contributed by atoms with Crippen LogP contribution in [0.1, 0.15) is 31.9 Å². The monoisotopic (exact) mass is 263 g/mol. The van der Waals surface area contributed by atoms with Crippen LogP contribution in [0.5, 0.6) is 0 Å². The van der Waals surface area contributed by atoms with Gasteiger partial charge in [-0.05, 0) is 30.4 Å². The summed E-state index contributed by atoms with van der Waals surface area (Å²) in [6, 6.07) is 7.02. The third-order valence-electron chi connectivity index (χ3n) is 2.78. The fourth-order valence-corrected chi connectivity index (χ4v) is 1.80. The van der Waals surface area contributed by atoms with Crippen molar-refractivity contribution in [1.82, 2.24) is 5.32 Å². The van der Waals surface area contributed by atoms with E-state index in [0.717, 1.165) is 12.0 Å². The Balaban J connectivity index is 2.53. The van der Waals surface area contributed by atoms with Crippen molar-refractivity contribution in [1.29, 1.82) is 0 Å². The molecule has 4 nitrogen and oxygen atoms in total. The summed E-state index contributed by atoms with van der Waals surface area (Å²) in [5.74, 6) is -0.697. The Kier molecular flexibility index (Phi) is 5.55. The minimum atomic E-state index is -1.03. The molecular formula is C15H21NO3. The van der Waals surface area contributed by atoms with E-state index >= 15 is 0 Å². The Morgan fingerprint density at radius 2 is 1.63 bits per heavy atom. The fourth-order valence-electron chi connectivity index (χ4n) is 1.80. The van der Waals surface area contributed by atoms with Crippen LogP contribution in [0.4, 0.5) is 0 Å². The number of hydrogen-bond acceptors (Lipinski definition) is 2. The third kappa shape index (κ3) is 5.55. The van der Waals surface area contributed by atoms with Crippen LogP contribution < -0.4 is 5.32 Å². The maximum Gasteiger partial charge on any atom is 0.325 e. The van der Waals surface area contributed by atoms with Gasteiger partial charge in [0.25, 0.3) is 0 Å². The summed E-state index contributed by atoms with van der Waals surface area (Å²) in [5, 5.41) is 11.1. The van der Waals surface area contributed by atoms with E-state index in [4.69, 9.17) is 5.11 Å². The van der Waals surface area contributed by atoms with Gasteiger partial charge in [-0.2, -0.15) is 0 Å². The van der Waals surface area contributed by atoms with Crippen LogP contribution in [0.15, 0.2) is 24.3 Å². The first-order chi connectivity index (χ1) is 8.88. The minimum Gasteiger partial charge on any atom is -0.480 e. The van der Waals surface area contributed by atoms with Crippen molar-refractivity contribution in [3.05, 3.63) is 35.4 Å². The Labute approximate surface area is 113 Å². The summed E-state index contributed by atoms with van der Waals surface area (Å²) in [5.41, 5.74) is 2.14. The number of carbonyl (C=O) groups is 2. The first-order valence-corrected chi connectivity index (χ1v) is 6.48. The molecule has 0 radical (unpaired) electrons. The molecule has 0 saturated carbocycles. The Hall–Kier alpha value is -1.84. The number of carboxylic acids is 1. The van der Waals surface area contributed by atoms with Gasteiger partial charge in [0.15, 0.2) is 0 Å². The Morgan fingerprint density at radius 1 is 1.11 bits per heavy atom. The molecule has 0 bridgehead atoms. The highest BCUT2D eigenvalue weighted by molar-refractivity contribution is 5.84. The van der Waals surface area contributed by atoms with Crippen molar-refractivity contribution in [2.45, 2.75) is 39.7 Å². The highest BCUT2D eigenvalue weighted by Crippen LogP contribution is 2.10.